The Balaban J connectivity index is 1.77. The topological polar surface area (TPSA) is 151 Å². The molecule has 2 atom stereocenters. The van der Waals surface area contributed by atoms with Crippen LogP contribution in [0, 0.1) is 5.92 Å². The van der Waals surface area contributed by atoms with Gasteiger partial charge in [-0.1, -0.05) is 43.2 Å². The first-order valence-corrected chi connectivity index (χ1v) is 15.6. The molecule has 0 saturated heterocycles. The quantitative estimate of drug-likeness (QED) is 0.0724. The van der Waals surface area contributed by atoms with Gasteiger partial charge in [0.25, 0.3) is 11.8 Å². The smallest absolute Gasteiger partial charge is 0.322 e. The van der Waals surface area contributed by atoms with Gasteiger partial charge in [-0.05, 0) is 57.2 Å². The predicted octanol–water partition coefficient (Wildman–Crippen LogP) is 3.16. The third-order valence-corrected chi connectivity index (χ3v) is 8.51. The number of carbonyl (C=O) groups excluding carboxylic acids is 6. The average molecular weight is 621 g/mol. The van der Waals surface area contributed by atoms with E-state index < -0.39 is 28.6 Å². The summed E-state index contributed by atoms with van der Waals surface area (Å²) in [6.07, 6.45) is 4.42. The predicted molar refractivity (Wildman–Crippen MR) is 164 cm³/mol. The summed E-state index contributed by atoms with van der Waals surface area (Å²) >= 11 is 4.09. The summed E-state index contributed by atoms with van der Waals surface area (Å²) in [5, 5.41) is 8.14. The highest BCUT2D eigenvalue weighted by atomic mass is 33.1. The van der Waals surface area contributed by atoms with Crippen LogP contribution in [0.25, 0.3) is 0 Å². The number of nitrogens with one attached hydrogen (secondary N) is 3. The second-order valence-electron chi connectivity index (χ2n) is 10.9. The Kier molecular flexibility index (Phi) is 13.6. The van der Waals surface area contributed by atoms with Crippen LogP contribution in [-0.4, -0.2) is 63.8 Å². The van der Waals surface area contributed by atoms with E-state index in [1.807, 2.05) is 0 Å². The van der Waals surface area contributed by atoms with Crippen LogP contribution in [0.3, 0.4) is 0 Å². The Morgan fingerprint density at radius 2 is 1.55 bits per heavy atom. The Bertz CT molecular complexity index is 1170. The molecule has 1 unspecified atom stereocenters. The van der Waals surface area contributed by atoms with Crippen molar-refractivity contribution < 1.29 is 33.5 Å². The summed E-state index contributed by atoms with van der Waals surface area (Å²) in [6.45, 7) is 8.96. The maximum Gasteiger partial charge on any atom is 0.322 e. The normalized spacial score (nSPS) is 14.5. The first-order valence-electron chi connectivity index (χ1n) is 13.8. The Morgan fingerprint density at radius 1 is 0.929 bits per heavy atom. The van der Waals surface area contributed by atoms with Gasteiger partial charge in [-0.3, -0.25) is 33.7 Å². The van der Waals surface area contributed by atoms with Crippen molar-refractivity contribution in [1.29, 1.82) is 0 Å². The standard InChI is InChI=1S/C29H40N4O7S2/c1-18(2)25(32-22(34)9-7-6-8-16-33-23(35)14-15-24(33)36)27(38)30-19(3)26(37)31-21-12-10-20(11-13-21)17-40-28(39)29(4,5)42-41/h10-15,18-19,25,41H,6-9,16-17H2,1-5H3,(H,30,38)(H,31,37)(H,32,34)/t19-,25?/m0/s1. The Morgan fingerprint density at radius 3 is 2.12 bits per heavy atom. The van der Waals surface area contributed by atoms with Crippen molar-refractivity contribution in [2.75, 3.05) is 11.9 Å². The fourth-order valence-corrected chi connectivity index (χ4v) is 4.18. The van der Waals surface area contributed by atoms with Crippen LogP contribution in [0.1, 0.15) is 65.9 Å². The largest absolute Gasteiger partial charge is 0.460 e. The Labute approximate surface area is 255 Å². The number of carbonyl (C=O) groups is 6. The van der Waals surface area contributed by atoms with Crippen molar-refractivity contribution in [3.8, 4) is 0 Å². The molecule has 1 aliphatic rings. The maximum absolute atomic E-state index is 12.9. The molecule has 1 aliphatic heterocycles. The van der Waals surface area contributed by atoms with Crippen LogP contribution >= 0.6 is 22.5 Å². The fraction of sp³-hybridized carbons (Fsp3) is 0.517. The van der Waals surface area contributed by atoms with Crippen LogP contribution in [0.2, 0.25) is 0 Å². The van der Waals surface area contributed by atoms with E-state index in [-0.39, 0.29) is 42.6 Å². The second kappa shape index (κ2) is 16.4. The molecule has 0 aliphatic carbocycles. The molecule has 5 amide bonds. The molecule has 1 aromatic carbocycles. The van der Waals surface area contributed by atoms with Gasteiger partial charge in [-0.25, -0.2) is 0 Å². The van der Waals surface area contributed by atoms with E-state index in [0.29, 0.717) is 31.5 Å². The minimum Gasteiger partial charge on any atom is -0.460 e. The van der Waals surface area contributed by atoms with Crippen LogP contribution in [0.15, 0.2) is 36.4 Å². The summed E-state index contributed by atoms with van der Waals surface area (Å²) in [6, 6.07) is 5.08. The third-order valence-electron chi connectivity index (χ3n) is 6.51. The van der Waals surface area contributed by atoms with Gasteiger partial charge in [0, 0.05) is 30.8 Å². The van der Waals surface area contributed by atoms with Gasteiger partial charge in [-0.2, -0.15) is 0 Å². The molecular formula is C29H40N4O7S2. The molecule has 2 rings (SSSR count). The van der Waals surface area contributed by atoms with Crippen LogP contribution in [-0.2, 0) is 40.1 Å². The first-order chi connectivity index (χ1) is 19.7. The molecule has 0 saturated carbocycles. The number of benzene rings is 1. The van der Waals surface area contributed by atoms with Crippen molar-refractivity contribution in [3.63, 3.8) is 0 Å². The first kappa shape index (κ1) is 34.9. The zero-order valence-corrected chi connectivity index (χ0v) is 26.3. The van der Waals surface area contributed by atoms with Gasteiger partial charge in [0.15, 0.2) is 0 Å². The number of unbranched alkanes of at least 4 members (excludes halogenated alkanes) is 2. The summed E-state index contributed by atoms with van der Waals surface area (Å²) in [5.74, 6) is -2.46. The summed E-state index contributed by atoms with van der Waals surface area (Å²) in [4.78, 5) is 74.5. The molecule has 0 bridgehead atoms. The number of hydrogen-bond acceptors (Lipinski definition) is 9. The van der Waals surface area contributed by atoms with E-state index in [1.54, 1.807) is 58.9 Å². The van der Waals surface area contributed by atoms with E-state index in [1.165, 1.54) is 12.2 Å². The van der Waals surface area contributed by atoms with Crippen LogP contribution in [0.5, 0.6) is 0 Å². The highest BCUT2D eigenvalue weighted by molar-refractivity contribution is 8.69. The number of nitrogens with zero attached hydrogens (tertiary/aromatic N) is 1. The summed E-state index contributed by atoms with van der Waals surface area (Å²) < 4.78 is 4.54. The number of amides is 5. The minimum atomic E-state index is -0.872. The van der Waals surface area contributed by atoms with E-state index in [0.717, 1.165) is 21.3 Å². The summed E-state index contributed by atoms with van der Waals surface area (Å²) in [7, 11) is 1.10. The van der Waals surface area contributed by atoms with Gasteiger partial charge in [-0.15, -0.1) is 11.7 Å². The SMILES string of the molecule is CC(C)C(NC(=O)CCCCCN1C(=O)C=CC1=O)C(=O)N[C@@H](C)C(=O)Nc1ccc(COC(=O)C(C)(C)SS)cc1. The average Bonchev–Trinajstić information content (AvgIpc) is 3.26. The third kappa shape index (κ3) is 10.8. The minimum absolute atomic E-state index is 0.0813. The zero-order chi connectivity index (χ0) is 31.4. The molecule has 11 nitrogen and oxygen atoms in total. The number of ether oxygens (including phenoxy) is 1. The van der Waals surface area contributed by atoms with Gasteiger partial charge in [0.2, 0.25) is 17.7 Å². The lowest BCUT2D eigenvalue weighted by Gasteiger charge is -2.24. The summed E-state index contributed by atoms with van der Waals surface area (Å²) in [5.41, 5.74) is 1.25. The molecule has 3 N–H and O–H groups in total. The fourth-order valence-electron chi connectivity index (χ4n) is 3.83. The van der Waals surface area contributed by atoms with Crippen molar-refractivity contribution in [2.24, 2.45) is 5.92 Å². The number of rotatable bonds is 16. The van der Waals surface area contributed by atoms with Crippen molar-refractivity contribution in [1.82, 2.24) is 15.5 Å². The molecule has 13 heteroatoms. The maximum atomic E-state index is 12.9. The van der Waals surface area contributed by atoms with Gasteiger partial charge in [0.1, 0.15) is 23.4 Å². The molecular weight excluding hydrogens is 580 g/mol. The van der Waals surface area contributed by atoms with Crippen molar-refractivity contribution in [2.45, 2.75) is 83.7 Å². The molecule has 42 heavy (non-hydrogen) atoms. The highest BCUT2D eigenvalue weighted by Gasteiger charge is 2.29. The molecule has 1 aromatic rings. The second-order valence-corrected chi connectivity index (χ2v) is 12.6. The number of imide groups is 1. The van der Waals surface area contributed by atoms with E-state index in [2.05, 4.69) is 27.6 Å². The lowest BCUT2D eigenvalue weighted by molar-refractivity contribution is -0.147. The monoisotopic (exact) mass is 620 g/mol. The molecule has 230 valence electrons. The number of hydrogen-bond donors (Lipinski definition) is 4. The molecule has 0 radical (unpaired) electrons. The van der Waals surface area contributed by atoms with Gasteiger partial charge >= 0.3 is 5.97 Å². The lowest BCUT2D eigenvalue weighted by atomic mass is 10.0. The van der Waals surface area contributed by atoms with Crippen LogP contribution < -0.4 is 16.0 Å². The lowest BCUT2D eigenvalue weighted by Crippen LogP contribution is -2.53. The van der Waals surface area contributed by atoms with Gasteiger partial charge < -0.3 is 20.7 Å². The van der Waals surface area contributed by atoms with E-state index in [9.17, 15) is 28.8 Å². The molecule has 0 aromatic heterocycles. The molecule has 1 heterocycles. The van der Waals surface area contributed by atoms with E-state index >= 15 is 0 Å². The highest BCUT2D eigenvalue weighted by Crippen LogP contribution is 2.29. The number of anilines is 1. The number of esters is 1. The van der Waals surface area contributed by atoms with Gasteiger partial charge in [0.05, 0.1) is 0 Å². The number of thiol groups is 1. The zero-order valence-electron chi connectivity index (χ0n) is 24.6. The molecule has 0 spiro atoms. The Hall–Kier alpha value is -3.32. The molecule has 0 fully saturated rings. The van der Waals surface area contributed by atoms with Crippen molar-refractivity contribution >= 4 is 63.6 Å². The van der Waals surface area contributed by atoms with E-state index in [4.69, 9.17) is 4.74 Å². The van der Waals surface area contributed by atoms with Crippen LogP contribution in [0.4, 0.5) is 5.69 Å². The van der Waals surface area contributed by atoms with Crippen molar-refractivity contribution in [3.05, 3.63) is 42.0 Å².